The highest BCUT2D eigenvalue weighted by Crippen LogP contribution is 2.17. The number of rotatable bonds is 2. The van der Waals surface area contributed by atoms with Gasteiger partial charge in [0.2, 0.25) is 0 Å². The number of nitrogens with zero attached hydrogens (tertiary/aromatic N) is 4. The van der Waals surface area contributed by atoms with Crippen LogP contribution in [0.2, 0.25) is 0 Å². The zero-order valence-corrected chi connectivity index (χ0v) is 11.5. The zero-order valence-electron chi connectivity index (χ0n) is 11.5. The van der Waals surface area contributed by atoms with E-state index >= 15 is 0 Å². The first-order valence-electron chi connectivity index (χ1n) is 6.02. The summed E-state index contributed by atoms with van der Waals surface area (Å²) in [6, 6.07) is 7.25. The molecule has 1 N–H and O–H groups in total. The van der Waals surface area contributed by atoms with Crippen LogP contribution in [0.25, 0.3) is 11.4 Å². The van der Waals surface area contributed by atoms with Gasteiger partial charge in [0.15, 0.2) is 5.82 Å². The molecule has 1 aromatic carbocycles. The Balaban J connectivity index is 2.30. The molecule has 0 saturated heterocycles. The number of aromatic nitrogens is 4. The molecule has 6 heteroatoms. The predicted molar refractivity (Wildman–Crippen MR) is 71.5 cm³/mol. The third kappa shape index (κ3) is 3.15. The minimum absolute atomic E-state index is 0.107. The number of carbonyl (C=O) groups excluding carboxylic acids is 1. The second kappa shape index (κ2) is 4.79. The Kier molecular flexibility index (Phi) is 3.33. The number of amides is 1. The molecule has 1 heterocycles. The van der Waals surface area contributed by atoms with Crippen molar-refractivity contribution >= 4 is 5.91 Å². The molecule has 0 aliphatic rings. The van der Waals surface area contributed by atoms with E-state index in [1.165, 1.54) is 0 Å². The number of hydrogen-bond acceptors (Lipinski definition) is 4. The third-order valence-corrected chi connectivity index (χ3v) is 2.49. The van der Waals surface area contributed by atoms with E-state index in [0.717, 1.165) is 5.56 Å². The summed E-state index contributed by atoms with van der Waals surface area (Å²) < 4.78 is 1.57. The lowest BCUT2D eigenvalue weighted by Crippen LogP contribution is -2.40. The molecule has 0 aliphatic carbocycles. The Morgan fingerprint density at radius 3 is 2.63 bits per heavy atom. The Morgan fingerprint density at radius 2 is 2.05 bits per heavy atom. The minimum Gasteiger partial charge on any atom is -0.347 e. The van der Waals surface area contributed by atoms with Crippen molar-refractivity contribution in [3.8, 4) is 11.4 Å². The van der Waals surface area contributed by atoms with Gasteiger partial charge in [0, 0.05) is 23.7 Å². The maximum absolute atomic E-state index is 12.1. The molecule has 1 aromatic heterocycles. The Bertz CT molecular complexity index is 597. The summed E-state index contributed by atoms with van der Waals surface area (Å²) in [6.45, 7) is 5.84. The summed E-state index contributed by atoms with van der Waals surface area (Å²) in [7, 11) is 1.76. The lowest BCUT2D eigenvalue weighted by atomic mass is 10.1. The van der Waals surface area contributed by atoms with E-state index in [1.807, 2.05) is 32.9 Å². The highest BCUT2D eigenvalue weighted by Gasteiger charge is 2.16. The van der Waals surface area contributed by atoms with E-state index in [1.54, 1.807) is 23.9 Å². The fourth-order valence-corrected chi connectivity index (χ4v) is 1.69. The van der Waals surface area contributed by atoms with Crippen LogP contribution in [-0.2, 0) is 7.05 Å². The molecular weight excluding hydrogens is 242 g/mol. The van der Waals surface area contributed by atoms with Crippen LogP contribution in [0.5, 0.6) is 0 Å². The second-order valence-electron chi connectivity index (χ2n) is 5.41. The number of hydrogen-bond donors (Lipinski definition) is 1. The SMILES string of the molecule is Cn1nnnc1-c1cccc(C(=O)NC(C)(C)C)c1. The smallest absolute Gasteiger partial charge is 0.251 e. The monoisotopic (exact) mass is 259 g/mol. The molecular formula is C13H17N5O. The van der Waals surface area contributed by atoms with Crippen LogP contribution in [0.3, 0.4) is 0 Å². The van der Waals surface area contributed by atoms with Gasteiger partial charge >= 0.3 is 0 Å². The molecule has 2 rings (SSSR count). The standard InChI is InChI=1S/C13H17N5O/c1-13(2,3)14-12(19)10-7-5-6-9(8-10)11-15-16-17-18(11)4/h5-8H,1-4H3,(H,14,19). The normalized spacial score (nSPS) is 11.4. The van der Waals surface area contributed by atoms with Crippen LogP contribution in [-0.4, -0.2) is 31.7 Å². The average Bonchev–Trinajstić information content (AvgIpc) is 2.73. The molecule has 19 heavy (non-hydrogen) atoms. The third-order valence-electron chi connectivity index (χ3n) is 2.49. The largest absolute Gasteiger partial charge is 0.347 e. The number of carbonyl (C=O) groups is 1. The molecule has 0 spiro atoms. The van der Waals surface area contributed by atoms with Crippen LogP contribution in [0.1, 0.15) is 31.1 Å². The highest BCUT2D eigenvalue weighted by atomic mass is 16.1. The van der Waals surface area contributed by atoms with Crippen molar-refractivity contribution in [3.63, 3.8) is 0 Å². The second-order valence-corrected chi connectivity index (χ2v) is 5.41. The van der Waals surface area contributed by atoms with Crippen LogP contribution in [0, 0.1) is 0 Å². The maximum atomic E-state index is 12.1. The van der Waals surface area contributed by atoms with Crippen LogP contribution >= 0.6 is 0 Å². The van der Waals surface area contributed by atoms with Gasteiger partial charge in [-0.15, -0.1) is 5.10 Å². The highest BCUT2D eigenvalue weighted by molar-refractivity contribution is 5.95. The summed E-state index contributed by atoms with van der Waals surface area (Å²) in [5.74, 6) is 0.523. The topological polar surface area (TPSA) is 72.7 Å². The van der Waals surface area contributed by atoms with Gasteiger partial charge in [0.1, 0.15) is 0 Å². The van der Waals surface area contributed by atoms with E-state index in [0.29, 0.717) is 11.4 Å². The molecule has 0 bridgehead atoms. The number of aryl methyl sites for hydroxylation is 1. The van der Waals surface area contributed by atoms with Gasteiger partial charge in [-0.1, -0.05) is 12.1 Å². The van der Waals surface area contributed by atoms with E-state index in [9.17, 15) is 4.79 Å². The number of tetrazole rings is 1. The van der Waals surface area contributed by atoms with Crippen molar-refractivity contribution in [2.24, 2.45) is 7.05 Å². The Hall–Kier alpha value is -2.24. The summed E-state index contributed by atoms with van der Waals surface area (Å²) >= 11 is 0. The van der Waals surface area contributed by atoms with E-state index < -0.39 is 0 Å². The Labute approximate surface area is 111 Å². The van der Waals surface area contributed by atoms with Crippen molar-refractivity contribution in [2.75, 3.05) is 0 Å². The van der Waals surface area contributed by atoms with Gasteiger partial charge in [0.05, 0.1) is 0 Å². The first-order chi connectivity index (χ1) is 8.87. The average molecular weight is 259 g/mol. The molecule has 0 aliphatic heterocycles. The van der Waals surface area contributed by atoms with E-state index in [4.69, 9.17) is 0 Å². The van der Waals surface area contributed by atoms with Gasteiger partial charge in [0.25, 0.3) is 5.91 Å². The Morgan fingerprint density at radius 1 is 1.32 bits per heavy atom. The zero-order chi connectivity index (χ0) is 14.0. The van der Waals surface area contributed by atoms with Crippen molar-refractivity contribution in [1.29, 1.82) is 0 Å². The van der Waals surface area contributed by atoms with E-state index in [-0.39, 0.29) is 11.4 Å². The maximum Gasteiger partial charge on any atom is 0.251 e. The first-order valence-corrected chi connectivity index (χ1v) is 6.02. The number of benzene rings is 1. The van der Waals surface area contributed by atoms with Gasteiger partial charge < -0.3 is 5.32 Å². The first kappa shape index (κ1) is 13.2. The van der Waals surface area contributed by atoms with Gasteiger partial charge in [-0.05, 0) is 43.3 Å². The molecule has 0 saturated carbocycles. The summed E-state index contributed by atoms with van der Waals surface area (Å²) in [4.78, 5) is 12.1. The van der Waals surface area contributed by atoms with Crippen molar-refractivity contribution in [3.05, 3.63) is 29.8 Å². The fraction of sp³-hybridized carbons (Fsp3) is 0.385. The lowest BCUT2D eigenvalue weighted by Gasteiger charge is -2.20. The molecule has 2 aromatic rings. The van der Waals surface area contributed by atoms with Gasteiger partial charge in [-0.2, -0.15) is 0 Å². The summed E-state index contributed by atoms with van der Waals surface area (Å²) in [6.07, 6.45) is 0. The molecule has 0 unspecified atom stereocenters. The van der Waals surface area contributed by atoms with E-state index in [2.05, 4.69) is 20.8 Å². The molecule has 0 fully saturated rings. The fourth-order valence-electron chi connectivity index (χ4n) is 1.69. The molecule has 1 amide bonds. The molecule has 6 nitrogen and oxygen atoms in total. The predicted octanol–water partition coefficient (Wildman–Crippen LogP) is 1.41. The van der Waals surface area contributed by atoms with Gasteiger partial charge in [-0.25, -0.2) is 4.68 Å². The van der Waals surface area contributed by atoms with Crippen LogP contribution in [0.15, 0.2) is 24.3 Å². The van der Waals surface area contributed by atoms with Crippen molar-refractivity contribution in [1.82, 2.24) is 25.5 Å². The quantitative estimate of drug-likeness (QED) is 0.885. The molecule has 100 valence electrons. The molecule has 0 radical (unpaired) electrons. The van der Waals surface area contributed by atoms with Crippen LogP contribution < -0.4 is 5.32 Å². The molecule has 0 atom stereocenters. The summed E-state index contributed by atoms with van der Waals surface area (Å²) in [5.41, 5.74) is 1.14. The van der Waals surface area contributed by atoms with Gasteiger partial charge in [-0.3, -0.25) is 4.79 Å². The van der Waals surface area contributed by atoms with Crippen LogP contribution in [0.4, 0.5) is 0 Å². The lowest BCUT2D eigenvalue weighted by molar-refractivity contribution is 0.0919. The minimum atomic E-state index is -0.264. The number of nitrogens with one attached hydrogen (secondary N) is 1. The van der Waals surface area contributed by atoms with Crippen molar-refractivity contribution < 1.29 is 4.79 Å². The van der Waals surface area contributed by atoms with Crippen molar-refractivity contribution in [2.45, 2.75) is 26.3 Å². The summed E-state index contributed by atoms with van der Waals surface area (Å²) in [5, 5.41) is 14.2.